The second-order valence-corrected chi connectivity index (χ2v) is 6.79. The molecule has 0 radical (unpaired) electrons. The van der Waals surface area contributed by atoms with Gasteiger partial charge in [0.05, 0.1) is 12.8 Å². The van der Waals surface area contributed by atoms with Crippen LogP contribution in [-0.4, -0.2) is 19.7 Å². The number of methoxy groups -OCH3 is 1. The van der Waals surface area contributed by atoms with Crippen LogP contribution in [0.4, 0.5) is 10.5 Å². The first-order valence-corrected chi connectivity index (χ1v) is 8.88. The van der Waals surface area contributed by atoms with E-state index in [2.05, 4.69) is 27.5 Å². The molecule has 0 atom stereocenters. The molecule has 3 rings (SSSR count). The van der Waals surface area contributed by atoms with Gasteiger partial charge in [0, 0.05) is 12.0 Å². The summed E-state index contributed by atoms with van der Waals surface area (Å²) in [6.45, 7) is 0.671. The highest BCUT2D eigenvalue weighted by atomic mass is 32.1. The van der Waals surface area contributed by atoms with Gasteiger partial charge in [0.2, 0.25) is 0 Å². The lowest BCUT2D eigenvalue weighted by molar-refractivity contribution is 0.248. The monoisotopic (exact) mass is 330 g/mol. The smallest absolute Gasteiger partial charge is 0.319 e. The minimum atomic E-state index is -0.184. The molecule has 1 heterocycles. The van der Waals surface area contributed by atoms with Crippen LogP contribution in [0.3, 0.4) is 0 Å². The number of benzene rings is 1. The molecule has 1 aliphatic carbocycles. The molecule has 1 aliphatic rings. The highest BCUT2D eigenvalue weighted by Gasteiger charge is 2.36. The average Bonchev–Trinajstić information content (AvgIpc) is 3.25. The van der Waals surface area contributed by atoms with Crippen LogP contribution in [0.25, 0.3) is 0 Å². The number of hydrogen-bond donors (Lipinski definition) is 2. The zero-order valence-corrected chi connectivity index (χ0v) is 14.1. The predicted octanol–water partition coefficient (Wildman–Crippen LogP) is 4.39. The zero-order chi connectivity index (χ0) is 16.1. The molecular formula is C18H22N2O2S. The molecule has 0 saturated heterocycles. The van der Waals surface area contributed by atoms with Gasteiger partial charge in [-0.05, 0) is 47.4 Å². The number of ether oxygens (including phenoxy) is 1. The Balaban J connectivity index is 1.64. The molecule has 4 nitrogen and oxygen atoms in total. The van der Waals surface area contributed by atoms with Gasteiger partial charge in [-0.15, -0.1) is 0 Å². The summed E-state index contributed by atoms with van der Waals surface area (Å²) in [5.74, 6) is 0.663. The maximum Gasteiger partial charge on any atom is 0.319 e. The van der Waals surface area contributed by atoms with Crippen LogP contribution >= 0.6 is 11.3 Å². The van der Waals surface area contributed by atoms with Gasteiger partial charge >= 0.3 is 6.03 Å². The van der Waals surface area contributed by atoms with Crippen molar-refractivity contribution in [2.45, 2.75) is 31.1 Å². The van der Waals surface area contributed by atoms with Gasteiger partial charge in [-0.1, -0.05) is 25.0 Å². The van der Waals surface area contributed by atoms with Crippen LogP contribution in [0.15, 0.2) is 41.1 Å². The Morgan fingerprint density at radius 2 is 2.04 bits per heavy atom. The van der Waals surface area contributed by atoms with Gasteiger partial charge in [0.25, 0.3) is 0 Å². The summed E-state index contributed by atoms with van der Waals surface area (Å²) in [6.07, 6.45) is 4.73. The number of carbonyl (C=O) groups is 1. The van der Waals surface area contributed by atoms with E-state index >= 15 is 0 Å². The van der Waals surface area contributed by atoms with Crippen molar-refractivity contribution in [1.29, 1.82) is 0 Å². The third-order valence-corrected chi connectivity index (χ3v) is 5.32. The number of urea groups is 1. The number of nitrogens with one attached hydrogen (secondary N) is 2. The second kappa shape index (κ2) is 7.04. The SMILES string of the molecule is COc1ccccc1NC(=O)NCC1(c2ccsc2)CCCC1. The lowest BCUT2D eigenvalue weighted by Gasteiger charge is -2.28. The highest BCUT2D eigenvalue weighted by molar-refractivity contribution is 7.08. The Bertz CT molecular complexity index is 649. The molecule has 23 heavy (non-hydrogen) atoms. The third-order valence-electron chi connectivity index (χ3n) is 4.64. The number of rotatable bonds is 5. The number of thiophene rings is 1. The van der Waals surface area contributed by atoms with E-state index in [-0.39, 0.29) is 11.4 Å². The molecule has 2 amide bonds. The summed E-state index contributed by atoms with van der Waals surface area (Å²) < 4.78 is 5.26. The van der Waals surface area contributed by atoms with E-state index in [1.807, 2.05) is 24.3 Å². The Labute approximate surface area is 140 Å². The van der Waals surface area contributed by atoms with E-state index in [0.717, 1.165) is 12.8 Å². The van der Waals surface area contributed by atoms with Crippen LogP contribution in [0, 0.1) is 0 Å². The van der Waals surface area contributed by atoms with Gasteiger partial charge in [-0.2, -0.15) is 11.3 Å². The number of anilines is 1. The van der Waals surface area contributed by atoms with E-state index in [1.54, 1.807) is 18.4 Å². The molecule has 1 saturated carbocycles. The predicted molar refractivity (Wildman–Crippen MR) is 94.5 cm³/mol. The molecule has 1 fully saturated rings. The first-order chi connectivity index (χ1) is 11.2. The standard InChI is InChI=1S/C18H22N2O2S/c1-22-16-7-3-2-6-15(16)20-17(21)19-13-18(9-4-5-10-18)14-8-11-23-12-14/h2-3,6-8,11-12H,4-5,9-10,13H2,1H3,(H2,19,20,21). The van der Waals surface area contributed by atoms with Gasteiger partial charge in [-0.25, -0.2) is 4.79 Å². The average molecular weight is 330 g/mol. The maximum absolute atomic E-state index is 12.3. The Hall–Kier alpha value is -2.01. The van der Waals surface area contributed by atoms with Crippen molar-refractivity contribution in [2.75, 3.05) is 19.0 Å². The third kappa shape index (κ3) is 3.50. The van der Waals surface area contributed by atoms with Crippen molar-refractivity contribution in [2.24, 2.45) is 0 Å². The number of amides is 2. The van der Waals surface area contributed by atoms with E-state index in [9.17, 15) is 4.79 Å². The van der Waals surface area contributed by atoms with Crippen molar-refractivity contribution < 1.29 is 9.53 Å². The quantitative estimate of drug-likeness (QED) is 0.854. The topological polar surface area (TPSA) is 50.4 Å². The molecule has 1 aromatic heterocycles. The molecule has 0 aliphatic heterocycles. The van der Waals surface area contributed by atoms with Gasteiger partial charge in [-0.3, -0.25) is 0 Å². The Morgan fingerprint density at radius 3 is 2.74 bits per heavy atom. The van der Waals surface area contributed by atoms with E-state index < -0.39 is 0 Å². The van der Waals surface area contributed by atoms with Crippen LogP contribution in [0.5, 0.6) is 5.75 Å². The van der Waals surface area contributed by atoms with Gasteiger partial charge in [0.1, 0.15) is 5.75 Å². The largest absolute Gasteiger partial charge is 0.495 e. The maximum atomic E-state index is 12.3. The molecule has 122 valence electrons. The number of para-hydroxylation sites is 2. The first-order valence-electron chi connectivity index (χ1n) is 7.94. The Morgan fingerprint density at radius 1 is 1.26 bits per heavy atom. The van der Waals surface area contributed by atoms with Crippen LogP contribution in [-0.2, 0) is 5.41 Å². The summed E-state index contributed by atoms with van der Waals surface area (Å²) in [7, 11) is 1.60. The molecule has 0 unspecified atom stereocenters. The zero-order valence-electron chi connectivity index (χ0n) is 13.3. The highest BCUT2D eigenvalue weighted by Crippen LogP contribution is 2.41. The van der Waals surface area contributed by atoms with Crippen LogP contribution in [0.2, 0.25) is 0 Å². The van der Waals surface area contributed by atoms with Gasteiger partial charge in [0.15, 0.2) is 0 Å². The summed E-state index contributed by atoms with van der Waals surface area (Å²) in [4.78, 5) is 12.3. The molecule has 5 heteroatoms. The van der Waals surface area contributed by atoms with E-state index in [1.165, 1.54) is 18.4 Å². The normalized spacial score (nSPS) is 16.0. The van der Waals surface area contributed by atoms with Crippen LogP contribution < -0.4 is 15.4 Å². The summed E-state index contributed by atoms with van der Waals surface area (Å²) in [5, 5.41) is 10.3. The fraction of sp³-hybridized carbons (Fsp3) is 0.389. The molecule has 0 bridgehead atoms. The lowest BCUT2D eigenvalue weighted by atomic mass is 9.80. The molecule has 2 aromatic rings. The first kappa shape index (κ1) is 15.9. The van der Waals surface area contributed by atoms with Crippen molar-refractivity contribution in [3.05, 3.63) is 46.7 Å². The minimum Gasteiger partial charge on any atom is -0.495 e. The Kier molecular flexibility index (Phi) is 4.86. The number of hydrogen-bond acceptors (Lipinski definition) is 3. The summed E-state index contributed by atoms with van der Waals surface area (Å²) >= 11 is 1.72. The molecule has 2 N–H and O–H groups in total. The second-order valence-electron chi connectivity index (χ2n) is 6.01. The fourth-order valence-corrected chi connectivity index (χ4v) is 4.13. The number of carbonyl (C=O) groups excluding carboxylic acids is 1. The fourth-order valence-electron chi connectivity index (χ4n) is 3.35. The van der Waals surface area contributed by atoms with E-state index in [0.29, 0.717) is 18.0 Å². The van der Waals surface area contributed by atoms with E-state index in [4.69, 9.17) is 4.74 Å². The van der Waals surface area contributed by atoms with Crippen molar-refractivity contribution in [3.63, 3.8) is 0 Å². The summed E-state index contributed by atoms with van der Waals surface area (Å²) in [5.41, 5.74) is 2.14. The molecular weight excluding hydrogens is 308 g/mol. The van der Waals surface area contributed by atoms with Gasteiger partial charge < -0.3 is 15.4 Å². The molecule has 1 aromatic carbocycles. The summed E-state index contributed by atoms with van der Waals surface area (Å²) in [6, 6.07) is 9.43. The van der Waals surface area contributed by atoms with Crippen molar-refractivity contribution in [1.82, 2.24) is 5.32 Å². The molecule has 0 spiro atoms. The van der Waals surface area contributed by atoms with Crippen molar-refractivity contribution >= 4 is 23.1 Å². The van der Waals surface area contributed by atoms with Crippen molar-refractivity contribution in [3.8, 4) is 5.75 Å². The van der Waals surface area contributed by atoms with Crippen LogP contribution in [0.1, 0.15) is 31.2 Å². The lowest BCUT2D eigenvalue weighted by Crippen LogP contribution is -2.40. The minimum absolute atomic E-state index is 0.0954.